The maximum Gasteiger partial charge on any atom is 0.274 e. The Bertz CT molecular complexity index is 2590. The normalized spacial score (nSPS) is 21.2. The van der Waals surface area contributed by atoms with Crippen LogP contribution in [-0.2, 0) is 6.42 Å². The molecule has 52 heavy (non-hydrogen) atoms. The SMILES string of the molecule is C[C@H]1CCN(C(=O)c2cc(C[C@@H]3CCN(C(=O)c4cc[nH]n4)C[C@@H]3c3ncc4cnc5[nH]ccc5n34)[nH]n2)C[C@H]1c1ncc2cnc3[nH]ccc3n12. The van der Waals surface area contributed by atoms with Gasteiger partial charge in [-0.25, -0.2) is 19.9 Å². The molecule has 16 nitrogen and oxygen atoms in total. The van der Waals surface area contributed by atoms with E-state index < -0.39 is 0 Å². The first kappa shape index (κ1) is 30.5. The van der Waals surface area contributed by atoms with Crippen LogP contribution in [0.5, 0.6) is 0 Å². The number of nitrogens with one attached hydrogen (secondary N) is 4. The van der Waals surface area contributed by atoms with E-state index in [0.29, 0.717) is 49.9 Å². The highest BCUT2D eigenvalue weighted by Gasteiger charge is 2.38. The van der Waals surface area contributed by atoms with Crippen molar-refractivity contribution in [2.45, 2.75) is 38.0 Å². The first-order valence-electron chi connectivity index (χ1n) is 17.7. The summed E-state index contributed by atoms with van der Waals surface area (Å²) in [4.78, 5) is 56.5. The van der Waals surface area contributed by atoms with Crippen molar-refractivity contribution < 1.29 is 9.59 Å². The fourth-order valence-corrected chi connectivity index (χ4v) is 8.40. The van der Waals surface area contributed by atoms with Gasteiger partial charge in [0, 0.05) is 62.3 Å². The number of rotatable bonds is 6. The van der Waals surface area contributed by atoms with Crippen LogP contribution in [0.4, 0.5) is 0 Å². The van der Waals surface area contributed by atoms with Crippen LogP contribution in [0.3, 0.4) is 0 Å². The molecule has 0 aromatic carbocycles. The molecule has 2 aliphatic rings. The van der Waals surface area contributed by atoms with Crippen molar-refractivity contribution in [3.05, 3.63) is 96.4 Å². The molecule has 2 saturated heterocycles. The van der Waals surface area contributed by atoms with Gasteiger partial charge in [0.05, 0.1) is 46.9 Å². The number of aromatic amines is 4. The lowest BCUT2D eigenvalue weighted by molar-refractivity contribution is 0.0644. The number of carbonyl (C=O) groups excluding carboxylic acids is 2. The van der Waals surface area contributed by atoms with Gasteiger partial charge in [0.1, 0.15) is 23.0 Å². The van der Waals surface area contributed by atoms with Gasteiger partial charge in [-0.15, -0.1) is 0 Å². The van der Waals surface area contributed by atoms with Gasteiger partial charge in [0.2, 0.25) is 0 Å². The van der Waals surface area contributed by atoms with Gasteiger partial charge in [0.15, 0.2) is 11.3 Å². The number of aromatic nitrogens is 12. The molecule has 8 aromatic rings. The van der Waals surface area contributed by atoms with Gasteiger partial charge >= 0.3 is 0 Å². The maximum atomic E-state index is 14.0. The third-order valence-electron chi connectivity index (χ3n) is 11.2. The first-order chi connectivity index (χ1) is 25.5. The molecule has 16 heteroatoms. The third-order valence-corrected chi connectivity index (χ3v) is 11.2. The van der Waals surface area contributed by atoms with E-state index in [1.165, 1.54) is 0 Å². The van der Waals surface area contributed by atoms with Crippen molar-refractivity contribution >= 4 is 45.2 Å². The Kier molecular flexibility index (Phi) is 6.97. The quantitative estimate of drug-likeness (QED) is 0.201. The summed E-state index contributed by atoms with van der Waals surface area (Å²) in [6, 6.07) is 7.61. The topological polar surface area (TPSA) is 190 Å². The number of amides is 2. The molecule has 8 aromatic heterocycles. The Labute approximate surface area is 295 Å². The van der Waals surface area contributed by atoms with Crippen LogP contribution in [-0.4, -0.2) is 107 Å². The number of fused-ring (bicyclic) bond motifs is 6. The number of carbonyl (C=O) groups is 2. The number of imidazole rings is 2. The van der Waals surface area contributed by atoms with Gasteiger partial charge in [-0.3, -0.25) is 28.6 Å². The van der Waals surface area contributed by atoms with E-state index in [-0.39, 0.29) is 29.6 Å². The van der Waals surface area contributed by atoms with Crippen LogP contribution in [0.15, 0.2) is 67.6 Å². The first-order valence-corrected chi connectivity index (χ1v) is 17.7. The second-order valence-corrected chi connectivity index (χ2v) is 14.2. The molecule has 2 aliphatic heterocycles. The molecule has 2 fully saturated rings. The van der Waals surface area contributed by atoms with Crippen LogP contribution in [0.25, 0.3) is 33.4 Å². The van der Waals surface area contributed by atoms with Crippen molar-refractivity contribution in [2.75, 3.05) is 26.2 Å². The minimum atomic E-state index is -0.111. The summed E-state index contributed by atoms with van der Waals surface area (Å²) in [6.45, 7) is 4.50. The molecule has 0 spiro atoms. The molecular formula is C36H36N14O2. The third kappa shape index (κ3) is 4.88. The fourth-order valence-electron chi connectivity index (χ4n) is 8.40. The molecule has 10 heterocycles. The van der Waals surface area contributed by atoms with Crippen LogP contribution >= 0.6 is 0 Å². The van der Waals surface area contributed by atoms with Gasteiger partial charge in [-0.1, -0.05) is 6.92 Å². The second-order valence-electron chi connectivity index (χ2n) is 14.2. The average Bonchev–Trinajstić information content (AvgIpc) is 4.01. The van der Waals surface area contributed by atoms with E-state index in [2.05, 4.69) is 56.1 Å². The van der Waals surface area contributed by atoms with Gasteiger partial charge in [0.25, 0.3) is 11.8 Å². The van der Waals surface area contributed by atoms with E-state index in [9.17, 15) is 9.59 Å². The minimum absolute atomic E-state index is 0.0558. The number of H-pyrrole nitrogens is 4. The van der Waals surface area contributed by atoms with Crippen molar-refractivity contribution in [3.8, 4) is 0 Å². The fraction of sp³-hybridized carbons (Fsp3) is 0.333. The predicted octanol–water partition coefficient (Wildman–Crippen LogP) is 3.94. The van der Waals surface area contributed by atoms with E-state index in [0.717, 1.165) is 63.5 Å². The summed E-state index contributed by atoms with van der Waals surface area (Å²) in [5.74, 6) is 2.03. The van der Waals surface area contributed by atoms with Crippen molar-refractivity contribution in [1.29, 1.82) is 0 Å². The van der Waals surface area contributed by atoms with E-state index in [1.807, 2.05) is 65.2 Å². The summed E-state index contributed by atoms with van der Waals surface area (Å²) in [5, 5.41) is 14.6. The Morgan fingerprint density at radius 1 is 0.731 bits per heavy atom. The Balaban J connectivity index is 0.917. The minimum Gasteiger partial charge on any atom is -0.345 e. The highest BCUT2D eigenvalue weighted by molar-refractivity contribution is 5.93. The molecule has 0 saturated carbocycles. The highest BCUT2D eigenvalue weighted by Crippen LogP contribution is 2.37. The van der Waals surface area contributed by atoms with Crippen LogP contribution in [0.1, 0.15) is 69.9 Å². The zero-order valence-corrected chi connectivity index (χ0v) is 28.4. The van der Waals surface area contributed by atoms with Gasteiger partial charge < -0.3 is 19.8 Å². The van der Waals surface area contributed by atoms with E-state index in [4.69, 9.17) is 9.97 Å². The summed E-state index contributed by atoms with van der Waals surface area (Å²) in [7, 11) is 0. The maximum absolute atomic E-state index is 14.0. The number of nitrogens with zero attached hydrogens (tertiary/aromatic N) is 10. The second kappa shape index (κ2) is 11.9. The lowest BCUT2D eigenvalue weighted by Crippen LogP contribution is -2.44. The molecule has 262 valence electrons. The Morgan fingerprint density at radius 2 is 1.35 bits per heavy atom. The zero-order valence-electron chi connectivity index (χ0n) is 28.4. The largest absolute Gasteiger partial charge is 0.345 e. The van der Waals surface area contributed by atoms with E-state index >= 15 is 0 Å². The Hall–Kier alpha value is -6.32. The number of likely N-dealkylation sites (tertiary alicyclic amines) is 2. The lowest BCUT2D eigenvalue weighted by Gasteiger charge is -2.37. The lowest BCUT2D eigenvalue weighted by atomic mass is 9.81. The van der Waals surface area contributed by atoms with Gasteiger partial charge in [-0.05, 0) is 55.4 Å². The number of hydrogen-bond acceptors (Lipinski definition) is 8. The van der Waals surface area contributed by atoms with Crippen LogP contribution in [0.2, 0.25) is 0 Å². The standard InChI is InChI=1S/C36H36N14O2/c1-20-5-10-47(18-25(20)33-41-16-23-14-39-31-29(49(23)33)3-7-37-31)36(52)28-13-22(44-46-28)12-21-6-11-48(35(51)27-2-9-43-45-27)19-26(21)34-42-17-24-15-40-32-30(50(24)34)4-8-38-32/h2-4,7-9,13-17,20-21,25-26,37-38H,5-6,10-12,18-19H2,1H3,(H,43,45)(H,44,46)/t20-,21-,25+,26-/m0/s1. The molecule has 0 unspecified atom stereocenters. The summed E-state index contributed by atoms with van der Waals surface area (Å²) < 4.78 is 4.29. The highest BCUT2D eigenvalue weighted by atomic mass is 16.2. The van der Waals surface area contributed by atoms with Gasteiger partial charge in [-0.2, -0.15) is 10.2 Å². The van der Waals surface area contributed by atoms with Crippen molar-refractivity contribution in [2.24, 2.45) is 11.8 Å². The smallest absolute Gasteiger partial charge is 0.274 e. The predicted molar refractivity (Wildman–Crippen MR) is 190 cm³/mol. The molecule has 2 amide bonds. The number of piperidine rings is 2. The summed E-state index contributed by atoms with van der Waals surface area (Å²) in [5.41, 5.74) is 6.98. The summed E-state index contributed by atoms with van der Waals surface area (Å²) in [6.07, 6.45) is 15.0. The number of hydrogen-bond donors (Lipinski definition) is 4. The molecule has 4 N–H and O–H groups in total. The average molecular weight is 697 g/mol. The van der Waals surface area contributed by atoms with Crippen LogP contribution < -0.4 is 0 Å². The zero-order chi connectivity index (χ0) is 34.9. The van der Waals surface area contributed by atoms with Crippen molar-refractivity contribution in [3.63, 3.8) is 0 Å². The van der Waals surface area contributed by atoms with Crippen LogP contribution in [0, 0.1) is 11.8 Å². The monoisotopic (exact) mass is 696 g/mol. The molecule has 10 rings (SSSR count). The molecular weight excluding hydrogens is 660 g/mol. The molecule has 4 atom stereocenters. The summed E-state index contributed by atoms with van der Waals surface area (Å²) >= 11 is 0. The molecule has 0 radical (unpaired) electrons. The van der Waals surface area contributed by atoms with E-state index in [1.54, 1.807) is 12.3 Å². The Morgan fingerprint density at radius 3 is 2.02 bits per heavy atom. The molecule has 0 aliphatic carbocycles. The molecule has 0 bridgehead atoms. The van der Waals surface area contributed by atoms with Crippen molar-refractivity contribution in [1.82, 2.24) is 68.9 Å².